The van der Waals surface area contributed by atoms with Crippen molar-refractivity contribution in [2.45, 2.75) is 77.7 Å². The number of hydrogen-bond acceptors (Lipinski definition) is 1. The number of piperidine rings is 2. The summed E-state index contributed by atoms with van der Waals surface area (Å²) in [7, 11) is -1.69. The third-order valence-electron chi connectivity index (χ3n) is 5.32. The summed E-state index contributed by atoms with van der Waals surface area (Å²) in [6.45, 7) is 14.5. The van der Waals surface area contributed by atoms with Gasteiger partial charge < -0.3 is 0 Å². The Kier molecular flexibility index (Phi) is 5.89. The van der Waals surface area contributed by atoms with Gasteiger partial charge in [-0.3, -0.25) is 4.74 Å². The van der Waals surface area contributed by atoms with Crippen molar-refractivity contribution in [3.8, 4) is 0 Å². The van der Waals surface area contributed by atoms with Crippen LogP contribution in [0.15, 0.2) is 4.74 Å². The molecule has 4 nitrogen and oxygen atoms in total. The molecule has 3 aliphatic rings. The highest BCUT2D eigenvalue weighted by Crippen LogP contribution is 2.63. The zero-order chi connectivity index (χ0) is 16.3. The van der Waals surface area contributed by atoms with Crippen molar-refractivity contribution in [3.05, 3.63) is 0 Å². The van der Waals surface area contributed by atoms with Gasteiger partial charge in [0.05, 0.1) is 5.54 Å². The highest BCUT2D eigenvalue weighted by molar-refractivity contribution is 7.59. The maximum Gasteiger partial charge on any atom is 0.168 e. The first-order valence-electron chi connectivity index (χ1n) is 9.92. The highest BCUT2D eigenvalue weighted by atomic mass is 31.2. The molecule has 3 rings (SSSR count). The summed E-state index contributed by atoms with van der Waals surface area (Å²) in [5.74, 6) is 0. The third-order valence-corrected chi connectivity index (χ3v) is 9.67. The van der Waals surface area contributed by atoms with Crippen LogP contribution in [0.1, 0.15) is 72.1 Å². The molecule has 5 heteroatoms. The zero-order valence-corrected chi connectivity index (χ0v) is 16.5. The number of rotatable bonds is 3. The van der Waals surface area contributed by atoms with Crippen LogP contribution in [0.5, 0.6) is 0 Å². The minimum absolute atomic E-state index is 0.0469. The van der Waals surface area contributed by atoms with Gasteiger partial charge in [-0.25, -0.2) is 14.0 Å². The highest BCUT2D eigenvalue weighted by Gasteiger charge is 2.43. The Hall–Kier alpha value is 0.110. The molecule has 0 spiro atoms. The van der Waals surface area contributed by atoms with Crippen molar-refractivity contribution in [1.82, 2.24) is 14.0 Å². The number of hydrogen-bond donors (Lipinski definition) is 0. The summed E-state index contributed by atoms with van der Waals surface area (Å²) in [6, 6.07) is 0. The van der Waals surface area contributed by atoms with E-state index in [1.165, 1.54) is 90.6 Å². The molecule has 3 fully saturated rings. The van der Waals surface area contributed by atoms with Crippen molar-refractivity contribution >= 4 is 7.51 Å². The molecule has 134 valence electrons. The Morgan fingerprint density at radius 2 is 0.870 bits per heavy atom. The second-order valence-corrected chi connectivity index (χ2v) is 11.5. The van der Waals surface area contributed by atoms with Gasteiger partial charge in [0, 0.05) is 39.3 Å². The van der Waals surface area contributed by atoms with Gasteiger partial charge in [-0.15, -0.1) is 0 Å². The molecule has 0 amide bonds. The summed E-state index contributed by atoms with van der Waals surface area (Å²) in [4.78, 5) is 0. The first kappa shape index (κ1) is 17.9. The van der Waals surface area contributed by atoms with E-state index in [4.69, 9.17) is 4.74 Å². The molecule has 0 aromatic heterocycles. The minimum Gasteiger partial charge on any atom is -0.255 e. The van der Waals surface area contributed by atoms with Crippen molar-refractivity contribution in [3.63, 3.8) is 0 Å². The molecule has 3 saturated heterocycles. The van der Waals surface area contributed by atoms with Gasteiger partial charge in [0.15, 0.2) is 7.51 Å². The van der Waals surface area contributed by atoms with Crippen LogP contribution in [0.2, 0.25) is 0 Å². The number of nitrogens with zero attached hydrogens (tertiary/aromatic N) is 4. The van der Waals surface area contributed by atoms with Crippen LogP contribution >= 0.6 is 7.51 Å². The topological polar surface area (TPSA) is 22.1 Å². The lowest BCUT2D eigenvalue weighted by atomic mass is 10.1. The molecule has 3 aliphatic heterocycles. The van der Waals surface area contributed by atoms with E-state index < -0.39 is 7.51 Å². The van der Waals surface area contributed by atoms with Crippen LogP contribution in [0.3, 0.4) is 0 Å². The first-order chi connectivity index (χ1) is 11.0. The van der Waals surface area contributed by atoms with Crippen LogP contribution in [0.25, 0.3) is 0 Å². The minimum atomic E-state index is -1.69. The summed E-state index contributed by atoms with van der Waals surface area (Å²) in [6.07, 6.45) is 11.0. The molecular formula is C18H37N4P. The summed E-state index contributed by atoms with van der Waals surface area (Å²) in [5, 5.41) is 0. The molecule has 0 atom stereocenters. The van der Waals surface area contributed by atoms with Crippen LogP contribution in [0, 0.1) is 0 Å². The molecule has 0 bridgehead atoms. The first-order valence-corrected chi connectivity index (χ1v) is 11.5. The largest absolute Gasteiger partial charge is 0.255 e. The monoisotopic (exact) mass is 340 g/mol. The molecular weight excluding hydrogens is 303 g/mol. The fraction of sp³-hybridized carbons (Fsp3) is 1.00. The Labute approximate surface area is 143 Å². The molecule has 0 N–H and O–H groups in total. The second kappa shape index (κ2) is 7.56. The summed E-state index contributed by atoms with van der Waals surface area (Å²) in [5.41, 5.74) is 0.0469. The molecule has 23 heavy (non-hydrogen) atoms. The molecule has 3 heterocycles. The fourth-order valence-corrected chi connectivity index (χ4v) is 9.11. The van der Waals surface area contributed by atoms with Crippen LogP contribution < -0.4 is 0 Å². The molecule has 0 aliphatic carbocycles. The predicted molar refractivity (Wildman–Crippen MR) is 101 cm³/mol. The predicted octanol–water partition coefficient (Wildman–Crippen LogP) is 4.80. The second-order valence-electron chi connectivity index (χ2n) is 8.50. The van der Waals surface area contributed by atoms with E-state index in [9.17, 15) is 0 Å². The van der Waals surface area contributed by atoms with E-state index in [0.29, 0.717) is 0 Å². The molecule has 0 saturated carbocycles. The van der Waals surface area contributed by atoms with E-state index in [-0.39, 0.29) is 5.54 Å². The lowest BCUT2D eigenvalue weighted by Crippen LogP contribution is -2.44. The Bertz CT molecular complexity index is 403. The van der Waals surface area contributed by atoms with Gasteiger partial charge in [-0.05, 0) is 59.3 Å². The molecule has 0 radical (unpaired) electrons. The smallest absolute Gasteiger partial charge is 0.168 e. The van der Waals surface area contributed by atoms with Crippen LogP contribution in [-0.2, 0) is 0 Å². The van der Waals surface area contributed by atoms with E-state index in [0.717, 1.165) is 0 Å². The van der Waals surface area contributed by atoms with Gasteiger partial charge in [-0.1, -0.05) is 12.8 Å². The van der Waals surface area contributed by atoms with E-state index in [1.807, 2.05) is 0 Å². The molecule has 0 aromatic rings. The van der Waals surface area contributed by atoms with Crippen molar-refractivity contribution in [2.24, 2.45) is 4.74 Å². The molecule has 0 unspecified atom stereocenters. The maximum atomic E-state index is 5.66. The third kappa shape index (κ3) is 4.03. The van der Waals surface area contributed by atoms with Gasteiger partial charge in [-0.2, -0.15) is 0 Å². The Morgan fingerprint density at radius 1 is 0.565 bits per heavy atom. The van der Waals surface area contributed by atoms with Crippen molar-refractivity contribution < 1.29 is 0 Å². The SMILES string of the molecule is CC(C)(C)N=P(N1CCCCC1)(N1CCCCC1)N1CCCC1. The van der Waals surface area contributed by atoms with Gasteiger partial charge in [0.25, 0.3) is 0 Å². The average Bonchev–Trinajstić information content (AvgIpc) is 3.08. The van der Waals surface area contributed by atoms with E-state index in [2.05, 4.69) is 34.8 Å². The summed E-state index contributed by atoms with van der Waals surface area (Å²) >= 11 is 0. The average molecular weight is 340 g/mol. The quantitative estimate of drug-likeness (QED) is 0.689. The van der Waals surface area contributed by atoms with Crippen molar-refractivity contribution in [1.29, 1.82) is 0 Å². The zero-order valence-electron chi connectivity index (χ0n) is 15.6. The lowest BCUT2D eigenvalue weighted by molar-refractivity contribution is 0.268. The van der Waals surface area contributed by atoms with E-state index >= 15 is 0 Å². The standard InChI is InChI=1S/C18H37N4P/c1-18(2,3)19-23(22-16-10-11-17-22,20-12-6-4-7-13-20)21-14-8-5-9-15-21/h4-17H2,1-3H3. The lowest BCUT2D eigenvalue weighted by Gasteiger charge is -2.51. The molecule has 0 aromatic carbocycles. The van der Waals surface area contributed by atoms with Crippen LogP contribution in [0.4, 0.5) is 0 Å². The van der Waals surface area contributed by atoms with Crippen molar-refractivity contribution in [2.75, 3.05) is 39.3 Å². The van der Waals surface area contributed by atoms with Crippen LogP contribution in [-0.4, -0.2) is 58.8 Å². The van der Waals surface area contributed by atoms with Gasteiger partial charge >= 0.3 is 0 Å². The normalized spacial score (nSPS) is 26.6. The van der Waals surface area contributed by atoms with Gasteiger partial charge in [0.1, 0.15) is 0 Å². The Balaban J connectivity index is 2.04. The fourth-order valence-electron chi connectivity index (χ4n) is 4.39. The maximum absolute atomic E-state index is 5.66. The van der Waals surface area contributed by atoms with Gasteiger partial charge in [0.2, 0.25) is 0 Å². The summed E-state index contributed by atoms with van der Waals surface area (Å²) < 4.78 is 14.2. The van der Waals surface area contributed by atoms with E-state index in [1.54, 1.807) is 0 Å². The Morgan fingerprint density at radius 3 is 1.17 bits per heavy atom.